The Morgan fingerprint density at radius 3 is 2.44 bits per heavy atom. The molecule has 140 valence electrons. The Morgan fingerprint density at radius 1 is 1.00 bits per heavy atom. The van der Waals surface area contributed by atoms with Crippen LogP contribution in [0, 0.1) is 0 Å². The molecule has 0 atom stereocenters. The number of methoxy groups -OCH3 is 1. The van der Waals surface area contributed by atoms with E-state index >= 15 is 0 Å². The molecule has 1 N–H and O–H groups in total. The number of rotatable bonds is 8. The molecule has 0 unspecified atom stereocenters. The van der Waals surface area contributed by atoms with Crippen LogP contribution in [0.2, 0.25) is 0 Å². The van der Waals surface area contributed by atoms with E-state index in [0.717, 1.165) is 33.7 Å². The number of hydrogen-bond acceptors (Lipinski definition) is 3. The van der Waals surface area contributed by atoms with Crippen LogP contribution in [0.5, 0.6) is 5.75 Å². The van der Waals surface area contributed by atoms with Crippen LogP contribution in [-0.2, 0) is 17.6 Å². The molecule has 0 saturated heterocycles. The topological polar surface area (TPSA) is 51.5 Å². The summed E-state index contributed by atoms with van der Waals surface area (Å²) in [6, 6.07) is 19.7. The molecule has 0 bridgehead atoms. The van der Waals surface area contributed by atoms with Gasteiger partial charge in [-0.15, -0.1) is 0 Å². The molecule has 3 aromatic rings. The first-order chi connectivity index (χ1) is 13.1. The fourth-order valence-corrected chi connectivity index (χ4v) is 3.01. The molecule has 27 heavy (non-hydrogen) atoms. The second-order valence-electron chi connectivity index (χ2n) is 6.22. The van der Waals surface area contributed by atoms with Gasteiger partial charge in [-0.25, -0.2) is 0 Å². The Kier molecular flexibility index (Phi) is 6.71. The largest absolute Gasteiger partial charge is 0.497 e. The van der Waals surface area contributed by atoms with Crippen LogP contribution in [-0.4, -0.2) is 19.6 Å². The van der Waals surface area contributed by atoms with Crippen molar-refractivity contribution >= 4 is 21.8 Å². The van der Waals surface area contributed by atoms with Crippen LogP contribution in [0.1, 0.15) is 17.7 Å². The lowest BCUT2D eigenvalue weighted by Gasteiger charge is -2.06. The van der Waals surface area contributed by atoms with Gasteiger partial charge in [-0.3, -0.25) is 4.79 Å². The highest BCUT2D eigenvalue weighted by Gasteiger charge is 2.08. The van der Waals surface area contributed by atoms with Crippen molar-refractivity contribution in [1.29, 1.82) is 0 Å². The van der Waals surface area contributed by atoms with Crippen LogP contribution in [0.25, 0.3) is 11.3 Å². The summed E-state index contributed by atoms with van der Waals surface area (Å²) in [5.41, 5.74) is 2.19. The van der Waals surface area contributed by atoms with Gasteiger partial charge in [0.05, 0.1) is 7.11 Å². The molecule has 0 aliphatic heterocycles. The first-order valence-electron chi connectivity index (χ1n) is 8.88. The SMILES string of the molecule is COc1ccc(CCNC(=O)CCc2ccc(-c3ccc(Br)cc3)o2)cc1. The van der Waals surface area contributed by atoms with Crippen molar-refractivity contribution in [2.24, 2.45) is 0 Å². The van der Waals surface area contributed by atoms with Gasteiger partial charge in [-0.1, -0.05) is 40.2 Å². The van der Waals surface area contributed by atoms with Crippen LogP contribution in [0.15, 0.2) is 69.6 Å². The minimum Gasteiger partial charge on any atom is -0.497 e. The average molecular weight is 428 g/mol. The molecule has 3 rings (SSSR count). The zero-order valence-electron chi connectivity index (χ0n) is 15.2. The molecule has 0 saturated carbocycles. The summed E-state index contributed by atoms with van der Waals surface area (Å²) in [5, 5.41) is 2.96. The minimum atomic E-state index is 0.0325. The maximum absolute atomic E-state index is 12.0. The van der Waals surface area contributed by atoms with E-state index in [2.05, 4.69) is 21.2 Å². The minimum absolute atomic E-state index is 0.0325. The Morgan fingerprint density at radius 2 is 1.74 bits per heavy atom. The number of hydrogen-bond donors (Lipinski definition) is 1. The highest BCUT2D eigenvalue weighted by Crippen LogP contribution is 2.24. The molecule has 4 nitrogen and oxygen atoms in total. The van der Waals surface area contributed by atoms with Crippen molar-refractivity contribution in [1.82, 2.24) is 5.32 Å². The van der Waals surface area contributed by atoms with E-state index in [1.54, 1.807) is 7.11 Å². The quantitative estimate of drug-likeness (QED) is 0.549. The predicted octanol–water partition coefficient (Wildman–Crippen LogP) is 5.01. The first kappa shape index (κ1) is 19.2. The van der Waals surface area contributed by atoms with Gasteiger partial charge >= 0.3 is 0 Å². The van der Waals surface area contributed by atoms with E-state index in [1.165, 1.54) is 5.56 Å². The van der Waals surface area contributed by atoms with Crippen molar-refractivity contribution in [3.63, 3.8) is 0 Å². The maximum Gasteiger partial charge on any atom is 0.220 e. The van der Waals surface area contributed by atoms with Gasteiger partial charge in [-0.2, -0.15) is 0 Å². The Balaban J connectivity index is 1.42. The van der Waals surface area contributed by atoms with Gasteiger partial charge in [0, 0.05) is 29.4 Å². The van der Waals surface area contributed by atoms with E-state index in [-0.39, 0.29) is 5.91 Å². The zero-order chi connectivity index (χ0) is 19.1. The van der Waals surface area contributed by atoms with Gasteiger partial charge in [0.2, 0.25) is 5.91 Å². The summed E-state index contributed by atoms with van der Waals surface area (Å²) in [7, 11) is 1.65. The molecule has 2 aromatic carbocycles. The predicted molar refractivity (Wildman–Crippen MR) is 110 cm³/mol. The monoisotopic (exact) mass is 427 g/mol. The summed E-state index contributed by atoms with van der Waals surface area (Å²) >= 11 is 3.43. The van der Waals surface area contributed by atoms with Crippen LogP contribution in [0.3, 0.4) is 0 Å². The Hall–Kier alpha value is -2.53. The number of amides is 1. The third-order valence-corrected chi connectivity index (χ3v) is 4.81. The number of aryl methyl sites for hydroxylation is 1. The van der Waals surface area contributed by atoms with E-state index in [1.807, 2.05) is 60.7 Å². The zero-order valence-corrected chi connectivity index (χ0v) is 16.8. The highest BCUT2D eigenvalue weighted by molar-refractivity contribution is 9.10. The van der Waals surface area contributed by atoms with Crippen molar-refractivity contribution in [2.75, 3.05) is 13.7 Å². The smallest absolute Gasteiger partial charge is 0.220 e. The van der Waals surface area contributed by atoms with E-state index in [0.29, 0.717) is 19.4 Å². The number of nitrogens with one attached hydrogen (secondary N) is 1. The molecule has 1 amide bonds. The number of carbonyl (C=O) groups is 1. The summed E-state index contributed by atoms with van der Waals surface area (Å²) < 4.78 is 12.0. The normalized spacial score (nSPS) is 10.6. The number of halogens is 1. The third kappa shape index (κ3) is 5.73. The van der Waals surface area contributed by atoms with Gasteiger partial charge < -0.3 is 14.5 Å². The standard InChI is InChI=1S/C22H22BrNO3/c1-26-19-8-2-16(3-9-19)14-15-24-22(25)13-11-20-10-12-21(27-20)17-4-6-18(23)7-5-17/h2-10,12H,11,13-15H2,1H3,(H,24,25). The first-order valence-corrected chi connectivity index (χ1v) is 9.67. The fraction of sp³-hybridized carbons (Fsp3) is 0.227. The van der Waals surface area contributed by atoms with E-state index in [9.17, 15) is 4.79 Å². The van der Waals surface area contributed by atoms with Crippen molar-refractivity contribution < 1.29 is 13.9 Å². The molecule has 0 aliphatic rings. The molecular weight excluding hydrogens is 406 g/mol. The summed E-state index contributed by atoms with van der Waals surface area (Å²) in [6.07, 6.45) is 1.80. The van der Waals surface area contributed by atoms with Gasteiger partial charge in [0.1, 0.15) is 17.3 Å². The number of carbonyl (C=O) groups excluding carboxylic acids is 1. The molecular formula is C22H22BrNO3. The molecule has 0 radical (unpaired) electrons. The highest BCUT2D eigenvalue weighted by atomic mass is 79.9. The van der Waals surface area contributed by atoms with E-state index in [4.69, 9.17) is 9.15 Å². The summed E-state index contributed by atoms with van der Waals surface area (Å²) in [5.74, 6) is 2.50. The van der Waals surface area contributed by atoms with E-state index < -0.39 is 0 Å². The lowest BCUT2D eigenvalue weighted by Crippen LogP contribution is -2.25. The molecule has 0 fully saturated rings. The lowest BCUT2D eigenvalue weighted by molar-refractivity contribution is -0.121. The second kappa shape index (κ2) is 9.42. The van der Waals surface area contributed by atoms with Crippen LogP contribution in [0.4, 0.5) is 0 Å². The van der Waals surface area contributed by atoms with Crippen molar-refractivity contribution in [3.05, 3.63) is 76.5 Å². The number of ether oxygens (including phenoxy) is 1. The van der Waals surface area contributed by atoms with Gasteiger partial charge in [0.15, 0.2) is 0 Å². The van der Waals surface area contributed by atoms with Crippen molar-refractivity contribution in [2.45, 2.75) is 19.3 Å². The number of benzene rings is 2. The summed E-state index contributed by atoms with van der Waals surface area (Å²) in [6.45, 7) is 0.619. The average Bonchev–Trinajstić information content (AvgIpc) is 3.16. The van der Waals surface area contributed by atoms with Gasteiger partial charge in [-0.05, 0) is 48.4 Å². The molecule has 5 heteroatoms. The number of furan rings is 1. The van der Waals surface area contributed by atoms with Gasteiger partial charge in [0.25, 0.3) is 0 Å². The molecule has 1 aromatic heterocycles. The van der Waals surface area contributed by atoms with Crippen LogP contribution < -0.4 is 10.1 Å². The van der Waals surface area contributed by atoms with Crippen LogP contribution >= 0.6 is 15.9 Å². The molecule has 1 heterocycles. The molecule has 0 spiro atoms. The Labute approximate surface area is 167 Å². The summed E-state index contributed by atoms with van der Waals surface area (Å²) in [4.78, 5) is 12.0. The second-order valence-corrected chi connectivity index (χ2v) is 7.14. The lowest BCUT2D eigenvalue weighted by atomic mass is 10.1. The third-order valence-electron chi connectivity index (χ3n) is 4.28. The fourth-order valence-electron chi connectivity index (χ4n) is 2.75. The Bertz CT molecular complexity index is 869. The maximum atomic E-state index is 12.0. The van der Waals surface area contributed by atoms with Crippen molar-refractivity contribution in [3.8, 4) is 17.1 Å². The molecule has 0 aliphatic carbocycles.